The van der Waals surface area contributed by atoms with E-state index in [0.717, 1.165) is 17.7 Å². The molecule has 188 valence electrons. The molecule has 2 atom stereocenters. The van der Waals surface area contributed by atoms with Crippen molar-refractivity contribution in [3.05, 3.63) is 64.7 Å². The summed E-state index contributed by atoms with van der Waals surface area (Å²) in [5, 5.41) is 10.00. The molecular weight excluding hydrogens is 468 g/mol. The summed E-state index contributed by atoms with van der Waals surface area (Å²) in [7, 11) is 1.79. The molecule has 2 heterocycles. The minimum Gasteiger partial charge on any atom is -0.392 e. The third kappa shape index (κ3) is 5.83. The van der Waals surface area contributed by atoms with E-state index in [1.807, 2.05) is 18.2 Å². The van der Waals surface area contributed by atoms with Crippen molar-refractivity contribution in [2.24, 2.45) is 0 Å². The molecule has 0 aliphatic carbocycles. The molecule has 2 aliphatic rings. The predicted molar refractivity (Wildman–Crippen MR) is 133 cm³/mol. The number of hydrogen-bond donors (Lipinski definition) is 2. The molecule has 4 rings (SSSR count). The first-order valence-corrected chi connectivity index (χ1v) is 13.3. The van der Waals surface area contributed by atoms with Crippen LogP contribution in [0.25, 0.3) is 0 Å². The third-order valence-electron chi connectivity index (χ3n) is 6.60. The van der Waals surface area contributed by atoms with E-state index in [1.165, 1.54) is 4.90 Å². The highest BCUT2D eigenvalue weighted by atomic mass is 32.2. The second-order valence-corrected chi connectivity index (χ2v) is 11.3. The van der Waals surface area contributed by atoms with Crippen LogP contribution in [0.3, 0.4) is 0 Å². The number of fused-ring (bicyclic) bond motifs is 1. The molecule has 0 saturated carbocycles. The Hall–Kier alpha value is -2.95. The van der Waals surface area contributed by atoms with Gasteiger partial charge in [-0.3, -0.25) is 19.2 Å². The molecule has 0 aromatic heterocycles. The topological polar surface area (TPSA) is 110 Å². The first kappa shape index (κ1) is 25.2. The number of rotatable bonds is 7. The van der Waals surface area contributed by atoms with Gasteiger partial charge in [0.25, 0.3) is 5.91 Å². The lowest BCUT2D eigenvalue weighted by Crippen LogP contribution is -2.39. The second kappa shape index (κ2) is 9.96. The number of anilines is 1. The van der Waals surface area contributed by atoms with Crippen LogP contribution in [0, 0.1) is 0 Å². The van der Waals surface area contributed by atoms with Gasteiger partial charge in [-0.25, -0.2) is 8.42 Å². The van der Waals surface area contributed by atoms with Crippen LogP contribution in [-0.4, -0.2) is 86.9 Å². The summed E-state index contributed by atoms with van der Waals surface area (Å²) in [6.45, 7) is 1.81. The summed E-state index contributed by atoms with van der Waals surface area (Å²) >= 11 is 0. The number of β-amino-alcohol motifs (C(OH)–C–C–N with tert-alkyl or cyclic N) is 1. The molecule has 0 radical (unpaired) electrons. The lowest BCUT2D eigenvalue weighted by atomic mass is 10.0. The Morgan fingerprint density at radius 1 is 1.17 bits per heavy atom. The van der Waals surface area contributed by atoms with E-state index < -0.39 is 10.0 Å². The van der Waals surface area contributed by atoms with Gasteiger partial charge in [-0.2, -0.15) is 0 Å². The number of aliphatic hydroxyl groups is 1. The minimum absolute atomic E-state index is 0.0533. The Labute approximate surface area is 206 Å². The van der Waals surface area contributed by atoms with Gasteiger partial charge < -0.3 is 14.9 Å². The quantitative estimate of drug-likeness (QED) is 0.596. The van der Waals surface area contributed by atoms with Crippen LogP contribution < -0.4 is 4.72 Å². The smallest absolute Gasteiger partial charge is 0.253 e. The van der Waals surface area contributed by atoms with Gasteiger partial charge in [0.05, 0.1) is 30.0 Å². The molecule has 1 unspecified atom stereocenters. The number of carbonyl (C=O) groups is 2. The zero-order valence-corrected chi connectivity index (χ0v) is 21.1. The van der Waals surface area contributed by atoms with E-state index in [2.05, 4.69) is 9.62 Å². The summed E-state index contributed by atoms with van der Waals surface area (Å²) < 4.78 is 26.2. The van der Waals surface area contributed by atoms with Gasteiger partial charge in [-0.1, -0.05) is 24.3 Å². The van der Waals surface area contributed by atoms with Crippen LogP contribution in [0.5, 0.6) is 0 Å². The first-order valence-electron chi connectivity index (χ1n) is 11.6. The van der Waals surface area contributed by atoms with Gasteiger partial charge in [-0.15, -0.1) is 0 Å². The average molecular weight is 501 g/mol. The largest absolute Gasteiger partial charge is 0.392 e. The number of carbonyl (C=O) groups excluding carboxylic acids is 2. The number of nitrogens with zero attached hydrogens (tertiary/aromatic N) is 3. The zero-order valence-electron chi connectivity index (χ0n) is 20.3. The van der Waals surface area contributed by atoms with Gasteiger partial charge in [-0.05, 0) is 41.3 Å². The molecule has 1 fully saturated rings. The fourth-order valence-corrected chi connectivity index (χ4v) is 5.91. The normalized spacial score (nSPS) is 19.6. The van der Waals surface area contributed by atoms with E-state index in [4.69, 9.17) is 0 Å². The van der Waals surface area contributed by atoms with Crippen LogP contribution >= 0.6 is 0 Å². The van der Waals surface area contributed by atoms with Crippen LogP contribution in [0.2, 0.25) is 0 Å². The predicted octanol–water partition coefficient (Wildman–Crippen LogP) is 1.45. The molecule has 10 heteroatoms. The molecular formula is C25H32N4O5S. The number of nitrogens with one attached hydrogen (secondary N) is 1. The van der Waals surface area contributed by atoms with E-state index in [0.29, 0.717) is 36.3 Å². The van der Waals surface area contributed by atoms with Crippen LogP contribution in [0.1, 0.15) is 39.5 Å². The maximum absolute atomic E-state index is 13.4. The number of amides is 2. The van der Waals surface area contributed by atoms with Gasteiger partial charge in [0.2, 0.25) is 15.9 Å². The summed E-state index contributed by atoms with van der Waals surface area (Å²) in [6, 6.07) is 12.2. The number of likely N-dealkylation sites (N-methyl/N-ethyl adjacent to an activating group) is 1. The van der Waals surface area contributed by atoms with Crippen molar-refractivity contribution >= 4 is 27.5 Å². The highest BCUT2D eigenvalue weighted by Crippen LogP contribution is 2.29. The molecule has 0 spiro atoms. The summed E-state index contributed by atoms with van der Waals surface area (Å²) in [6.07, 6.45) is 0.420. The van der Waals surface area contributed by atoms with Gasteiger partial charge in [0, 0.05) is 46.3 Å². The number of likely N-dealkylation sites (tertiary alicyclic amines) is 1. The molecule has 9 nitrogen and oxygen atoms in total. The van der Waals surface area contributed by atoms with Crippen LogP contribution in [0.15, 0.2) is 42.5 Å². The van der Waals surface area contributed by atoms with Crippen molar-refractivity contribution < 1.29 is 23.1 Å². The molecule has 2 amide bonds. The van der Waals surface area contributed by atoms with Crippen molar-refractivity contribution in [1.29, 1.82) is 0 Å². The maximum atomic E-state index is 13.4. The molecule has 2 N–H and O–H groups in total. The standard InChI is InChI=1S/C25H32N4O5S/c1-27(2)25(32)19-6-4-5-18(13-19)23(15-29-10-9-21(30)14-29)28(3)24(31)12-17-7-8-20-16-35(33,34)26-22(20)11-17/h4-8,11,13,21,23,26,30H,9-10,12,14-16H2,1-3H3/t21-,23?/m0/s1. The van der Waals surface area contributed by atoms with Gasteiger partial charge >= 0.3 is 0 Å². The summed E-state index contributed by atoms with van der Waals surface area (Å²) in [4.78, 5) is 31.2. The van der Waals surface area contributed by atoms with E-state index in [9.17, 15) is 23.1 Å². The Bertz CT molecular complexity index is 1230. The maximum Gasteiger partial charge on any atom is 0.253 e. The lowest BCUT2D eigenvalue weighted by Gasteiger charge is -2.32. The number of benzene rings is 2. The number of aliphatic hydroxyl groups excluding tert-OH is 1. The van der Waals surface area contributed by atoms with Crippen molar-refractivity contribution in [3.8, 4) is 0 Å². The summed E-state index contributed by atoms with van der Waals surface area (Å²) in [5.74, 6) is -0.293. The Morgan fingerprint density at radius 3 is 2.63 bits per heavy atom. The van der Waals surface area contributed by atoms with Crippen molar-refractivity contribution in [1.82, 2.24) is 14.7 Å². The molecule has 35 heavy (non-hydrogen) atoms. The van der Waals surface area contributed by atoms with Gasteiger partial charge in [0.15, 0.2) is 0 Å². The highest BCUT2D eigenvalue weighted by molar-refractivity contribution is 7.92. The highest BCUT2D eigenvalue weighted by Gasteiger charge is 2.29. The molecule has 2 aromatic rings. The summed E-state index contributed by atoms with van der Waals surface area (Å²) in [5.41, 5.74) is 3.33. The minimum atomic E-state index is -3.35. The molecule has 0 bridgehead atoms. The van der Waals surface area contributed by atoms with Crippen molar-refractivity contribution in [2.45, 2.75) is 30.7 Å². The monoisotopic (exact) mass is 500 g/mol. The second-order valence-electron chi connectivity index (χ2n) is 9.58. The lowest BCUT2D eigenvalue weighted by molar-refractivity contribution is -0.131. The van der Waals surface area contributed by atoms with Crippen molar-refractivity contribution in [2.75, 3.05) is 45.5 Å². The SMILES string of the molecule is CN(C)C(=O)c1cccc(C(CN2CC[C@H](O)C2)N(C)C(=O)Cc2ccc3c(c2)NS(=O)(=O)C3)c1. The average Bonchev–Trinajstić information content (AvgIpc) is 3.36. The first-order chi connectivity index (χ1) is 16.5. The van der Waals surface area contributed by atoms with Crippen LogP contribution in [-0.2, 0) is 27.0 Å². The Morgan fingerprint density at radius 2 is 1.94 bits per heavy atom. The van der Waals surface area contributed by atoms with Gasteiger partial charge in [0.1, 0.15) is 0 Å². The van der Waals surface area contributed by atoms with E-state index in [1.54, 1.807) is 50.3 Å². The third-order valence-corrected chi connectivity index (χ3v) is 7.83. The molecule has 1 saturated heterocycles. The van der Waals surface area contributed by atoms with E-state index in [-0.39, 0.29) is 36.1 Å². The number of hydrogen-bond acceptors (Lipinski definition) is 6. The zero-order chi connectivity index (χ0) is 25.3. The number of sulfonamides is 1. The van der Waals surface area contributed by atoms with Crippen LogP contribution in [0.4, 0.5) is 5.69 Å². The fraction of sp³-hybridized carbons (Fsp3) is 0.440. The van der Waals surface area contributed by atoms with Crippen molar-refractivity contribution in [3.63, 3.8) is 0 Å². The molecule has 2 aliphatic heterocycles. The fourth-order valence-electron chi connectivity index (χ4n) is 4.65. The van der Waals surface area contributed by atoms with E-state index >= 15 is 0 Å². The Balaban J connectivity index is 1.57. The molecule has 2 aromatic carbocycles. The Kier molecular flexibility index (Phi) is 7.16.